The van der Waals surface area contributed by atoms with Crippen LogP contribution in [0.5, 0.6) is 0 Å². The van der Waals surface area contributed by atoms with Gasteiger partial charge in [-0.3, -0.25) is 5.32 Å². The van der Waals surface area contributed by atoms with E-state index in [-0.39, 0.29) is 17.7 Å². The molecule has 3 nitrogen and oxygen atoms in total. The highest BCUT2D eigenvalue weighted by Gasteiger charge is 2.39. The fourth-order valence-electron chi connectivity index (χ4n) is 2.49. The number of ether oxygens (including phenoxy) is 1. The number of nitrogens with zero attached hydrogens (tertiary/aromatic N) is 1. The molecule has 2 rings (SSSR count). The van der Waals surface area contributed by atoms with Gasteiger partial charge in [0.25, 0.3) is 0 Å². The average Bonchev–Trinajstić information content (AvgIpc) is 2.97. The van der Waals surface area contributed by atoms with Gasteiger partial charge in [-0.15, -0.1) is 0 Å². The molecule has 1 aliphatic carbocycles. The van der Waals surface area contributed by atoms with Gasteiger partial charge < -0.3 is 4.74 Å². The Kier molecular flexibility index (Phi) is 2.99. The van der Waals surface area contributed by atoms with Crippen molar-refractivity contribution in [2.45, 2.75) is 57.3 Å². The summed E-state index contributed by atoms with van der Waals surface area (Å²) in [7, 11) is 0. The van der Waals surface area contributed by atoms with Crippen molar-refractivity contribution in [2.75, 3.05) is 6.54 Å². The smallest absolute Gasteiger partial charge is 0.111 e. The number of rotatable bonds is 3. The Morgan fingerprint density at radius 2 is 1.93 bits per heavy atom. The Morgan fingerprint density at radius 1 is 1.33 bits per heavy atom. The van der Waals surface area contributed by atoms with Gasteiger partial charge in [-0.05, 0) is 39.2 Å². The summed E-state index contributed by atoms with van der Waals surface area (Å²) in [6.45, 7) is 5.12. The molecule has 0 amide bonds. The van der Waals surface area contributed by atoms with E-state index in [2.05, 4.69) is 25.2 Å². The SMILES string of the molecule is CC1CC(C#N)(NCC2CC2)CC(C)O1. The molecule has 2 aliphatic rings. The van der Waals surface area contributed by atoms with E-state index in [1.807, 2.05) is 0 Å². The predicted octanol–water partition coefficient (Wildman–Crippen LogP) is 1.84. The van der Waals surface area contributed by atoms with E-state index in [1.54, 1.807) is 0 Å². The van der Waals surface area contributed by atoms with Gasteiger partial charge in [0.1, 0.15) is 5.54 Å². The molecule has 0 spiro atoms. The molecule has 15 heavy (non-hydrogen) atoms. The van der Waals surface area contributed by atoms with Crippen LogP contribution in [0.25, 0.3) is 0 Å². The Morgan fingerprint density at radius 3 is 2.40 bits per heavy atom. The van der Waals surface area contributed by atoms with Crippen molar-refractivity contribution in [1.82, 2.24) is 5.32 Å². The molecule has 1 aliphatic heterocycles. The summed E-state index contributed by atoms with van der Waals surface area (Å²) in [5.41, 5.74) is -0.334. The highest BCUT2D eigenvalue weighted by Crippen LogP contribution is 2.32. The largest absolute Gasteiger partial charge is 0.375 e. The van der Waals surface area contributed by atoms with Crippen LogP contribution in [-0.2, 0) is 4.74 Å². The second kappa shape index (κ2) is 4.11. The summed E-state index contributed by atoms with van der Waals surface area (Å²) in [6.07, 6.45) is 4.69. The molecule has 1 saturated carbocycles. The Balaban J connectivity index is 1.95. The summed E-state index contributed by atoms with van der Waals surface area (Å²) in [6, 6.07) is 2.47. The zero-order valence-electron chi connectivity index (χ0n) is 9.62. The number of nitriles is 1. The van der Waals surface area contributed by atoms with E-state index < -0.39 is 0 Å². The summed E-state index contributed by atoms with van der Waals surface area (Å²) in [5.74, 6) is 0.823. The van der Waals surface area contributed by atoms with Gasteiger partial charge in [0.05, 0.1) is 18.3 Å². The minimum Gasteiger partial charge on any atom is -0.375 e. The zero-order valence-corrected chi connectivity index (χ0v) is 9.62. The van der Waals surface area contributed by atoms with Crippen molar-refractivity contribution >= 4 is 0 Å². The van der Waals surface area contributed by atoms with E-state index in [9.17, 15) is 5.26 Å². The molecule has 0 aromatic carbocycles. The quantitative estimate of drug-likeness (QED) is 0.769. The molecule has 0 aromatic heterocycles. The van der Waals surface area contributed by atoms with Crippen molar-refractivity contribution in [1.29, 1.82) is 5.26 Å². The maximum Gasteiger partial charge on any atom is 0.111 e. The molecule has 1 N–H and O–H groups in total. The number of hydrogen-bond donors (Lipinski definition) is 1. The standard InChI is InChI=1S/C12H20N2O/c1-9-5-12(8-13,6-10(2)15-9)14-7-11-3-4-11/h9-11,14H,3-7H2,1-2H3. The van der Waals surface area contributed by atoms with Gasteiger partial charge in [0.15, 0.2) is 0 Å². The van der Waals surface area contributed by atoms with Crippen molar-refractivity contribution in [3.8, 4) is 6.07 Å². The minimum atomic E-state index is -0.334. The maximum atomic E-state index is 9.34. The summed E-state index contributed by atoms with van der Waals surface area (Å²) in [5, 5.41) is 12.8. The highest BCUT2D eigenvalue weighted by molar-refractivity contribution is 5.11. The van der Waals surface area contributed by atoms with Crippen LogP contribution in [-0.4, -0.2) is 24.3 Å². The van der Waals surface area contributed by atoms with Crippen LogP contribution in [0.3, 0.4) is 0 Å². The second-order valence-corrected chi connectivity index (χ2v) is 5.18. The Hall–Kier alpha value is -0.590. The molecule has 0 aromatic rings. The molecule has 2 fully saturated rings. The molecule has 2 atom stereocenters. The molecule has 84 valence electrons. The summed E-state index contributed by atoms with van der Waals surface area (Å²) < 4.78 is 5.67. The van der Waals surface area contributed by atoms with Crippen LogP contribution < -0.4 is 5.32 Å². The lowest BCUT2D eigenvalue weighted by molar-refractivity contribution is -0.0564. The first kappa shape index (κ1) is 10.9. The monoisotopic (exact) mass is 208 g/mol. The summed E-state index contributed by atoms with van der Waals surface area (Å²) >= 11 is 0. The lowest BCUT2D eigenvalue weighted by atomic mass is 9.85. The lowest BCUT2D eigenvalue weighted by Gasteiger charge is -2.38. The van der Waals surface area contributed by atoms with Crippen molar-refractivity contribution < 1.29 is 4.74 Å². The third-order valence-electron chi connectivity index (χ3n) is 3.38. The molecule has 0 bridgehead atoms. The number of hydrogen-bond acceptors (Lipinski definition) is 3. The summed E-state index contributed by atoms with van der Waals surface area (Å²) in [4.78, 5) is 0. The van der Waals surface area contributed by atoms with E-state index in [4.69, 9.17) is 4.74 Å². The van der Waals surface area contributed by atoms with Gasteiger partial charge in [-0.25, -0.2) is 0 Å². The van der Waals surface area contributed by atoms with Crippen molar-refractivity contribution in [3.05, 3.63) is 0 Å². The van der Waals surface area contributed by atoms with Crippen LogP contribution in [0.15, 0.2) is 0 Å². The van der Waals surface area contributed by atoms with E-state index in [0.29, 0.717) is 0 Å². The molecule has 2 unspecified atom stereocenters. The van der Waals surface area contributed by atoms with E-state index >= 15 is 0 Å². The fraction of sp³-hybridized carbons (Fsp3) is 0.917. The van der Waals surface area contributed by atoms with Gasteiger partial charge >= 0.3 is 0 Å². The molecule has 0 radical (unpaired) electrons. The topological polar surface area (TPSA) is 45.0 Å². The van der Waals surface area contributed by atoms with Gasteiger partial charge in [-0.1, -0.05) is 0 Å². The van der Waals surface area contributed by atoms with Crippen LogP contribution in [0, 0.1) is 17.2 Å². The van der Waals surface area contributed by atoms with Crippen LogP contribution in [0.1, 0.15) is 39.5 Å². The first-order valence-electron chi connectivity index (χ1n) is 5.95. The lowest BCUT2D eigenvalue weighted by Crippen LogP contribution is -2.53. The van der Waals surface area contributed by atoms with E-state index in [1.165, 1.54) is 12.8 Å². The second-order valence-electron chi connectivity index (χ2n) is 5.18. The van der Waals surface area contributed by atoms with Crippen molar-refractivity contribution in [2.24, 2.45) is 5.92 Å². The maximum absolute atomic E-state index is 9.34. The molecule has 1 saturated heterocycles. The van der Waals surface area contributed by atoms with Gasteiger partial charge in [-0.2, -0.15) is 5.26 Å². The molecular weight excluding hydrogens is 188 g/mol. The highest BCUT2D eigenvalue weighted by atomic mass is 16.5. The first-order valence-corrected chi connectivity index (χ1v) is 5.95. The van der Waals surface area contributed by atoms with Crippen LogP contribution in [0.4, 0.5) is 0 Å². The van der Waals surface area contributed by atoms with Crippen LogP contribution >= 0.6 is 0 Å². The minimum absolute atomic E-state index is 0.195. The third kappa shape index (κ3) is 2.70. The van der Waals surface area contributed by atoms with Gasteiger partial charge in [0, 0.05) is 12.8 Å². The predicted molar refractivity (Wildman–Crippen MR) is 58.3 cm³/mol. The molecular formula is C12H20N2O. The van der Waals surface area contributed by atoms with Crippen LogP contribution in [0.2, 0.25) is 0 Å². The number of nitrogens with one attached hydrogen (secondary N) is 1. The third-order valence-corrected chi connectivity index (χ3v) is 3.38. The van der Waals surface area contributed by atoms with Gasteiger partial charge in [0.2, 0.25) is 0 Å². The molecule has 3 heteroatoms. The molecule has 1 heterocycles. The first-order chi connectivity index (χ1) is 7.13. The average molecular weight is 208 g/mol. The fourth-order valence-corrected chi connectivity index (χ4v) is 2.49. The van der Waals surface area contributed by atoms with Crippen molar-refractivity contribution in [3.63, 3.8) is 0 Å². The Bertz CT molecular complexity index is 257. The Labute approximate surface area is 91.8 Å². The normalized spacial score (nSPS) is 41.1. The zero-order chi connectivity index (χ0) is 10.9. The van der Waals surface area contributed by atoms with E-state index in [0.717, 1.165) is 25.3 Å².